The number of nitrogens with zero attached hydrogens (tertiary/aromatic N) is 1. The van der Waals surface area contributed by atoms with Gasteiger partial charge >= 0.3 is 0 Å². The van der Waals surface area contributed by atoms with E-state index in [2.05, 4.69) is 5.32 Å². The molecule has 0 heterocycles. The fraction of sp³-hybridized carbons (Fsp3) is 0.176. The highest BCUT2D eigenvalue weighted by atomic mass is 19.1. The average molecular weight is 298 g/mol. The van der Waals surface area contributed by atoms with E-state index in [1.165, 1.54) is 12.1 Å². The van der Waals surface area contributed by atoms with Crippen LogP contribution in [0.4, 0.5) is 4.39 Å². The van der Waals surface area contributed by atoms with Gasteiger partial charge in [-0.05, 0) is 48.9 Å². The zero-order valence-electron chi connectivity index (χ0n) is 12.0. The van der Waals surface area contributed by atoms with Gasteiger partial charge in [0.05, 0.1) is 11.6 Å². The smallest absolute Gasteiger partial charge is 0.261 e. The number of hydrogen-bond acceptors (Lipinski definition) is 3. The van der Waals surface area contributed by atoms with Crippen LogP contribution in [0.1, 0.15) is 18.1 Å². The molecule has 22 heavy (non-hydrogen) atoms. The number of hydrogen-bond donors (Lipinski definition) is 1. The third-order valence-corrected chi connectivity index (χ3v) is 3.05. The highest BCUT2D eigenvalue weighted by molar-refractivity contribution is 5.80. The first kappa shape index (κ1) is 15.5. The van der Waals surface area contributed by atoms with Gasteiger partial charge in [0.2, 0.25) is 0 Å². The molecule has 2 aromatic carbocycles. The van der Waals surface area contributed by atoms with E-state index in [9.17, 15) is 9.18 Å². The van der Waals surface area contributed by atoms with Gasteiger partial charge in [-0.15, -0.1) is 0 Å². The van der Waals surface area contributed by atoms with Gasteiger partial charge in [0.15, 0.2) is 6.10 Å². The Kier molecular flexibility index (Phi) is 5.10. The Hall–Kier alpha value is -2.87. The molecule has 4 nitrogen and oxygen atoms in total. The van der Waals surface area contributed by atoms with Crippen LogP contribution in [0.5, 0.6) is 5.75 Å². The lowest BCUT2D eigenvalue weighted by Crippen LogP contribution is -2.35. The van der Waals surface area contributed by atoms with E-state index >= 15 is 0 Å². The Balaban J connectivity index is 1.86. The molecule has 0 aliphatic carbocycles. The molecule has 0 unspecified atom stereocenters. The number of amides is 1. The van der Waals surface area contributed by atoms with Crippen LogP contribution in [0, 0.1) is 17.1 Å². The van der Waals surface area contributed by atoms with E-state index in [0.717, 1.165) is 5.56 Å². The molecular formula is C17H15FN2O2. The first-order valence-electron chi connectivity index (χ1n) is 6.77. The highest BCUT2D eigenvalue weighted by Crippen LogP contribution is 2.13. The second kappa shape index (κ2) is 7.23. The summed E-state index contributed by atoms with van der Waals surface area (Å²) in [5.74, 6) is -0.0651. The van der Waals surface area contributed by atoms with Gasteiger partial charge in [-0.2, -0.15) is 5.26 Å². The molecule has 0 saturated carbocycles. The standard InChI is InChI=1S/C17H15FN2O2/c1-12(22-16-8-4-13(10-19)5-9-16)17(21)20-11-14-2-6-15(18)7-3-14/h2-9,12H,11H2,1H3,(H,20,21)/t12-/m0/s1. The first-order chi connectivity index (χ1) is 10.6. The number of benzene rings is 2. The molecule has 0 fully saturated rings. The van der Waals surface area contributed by atoms with Crippen molar-refractivity contribution in [2.45, 2.75) is 19.6 Å². The van der Waals surface area contributed by atoms with Crippen LogP contribution >= 0.6 is 0 Å². The van der Waals surface area contributed by atoms with Gasteiger partial charge in [-0.25, -0.2) is 4.39 Å². The van der Waals surface area contributed by atoms with Crippen LogP contribution in [0.3, 0.4) is 0 Å². The third-order valence-electron chi connectivity index (χ3n) is 3.05. The van der Waals surface area contributed by atoms with Crippen LogP contribution in [0.15, 0.2) is 48.5 Å². The summed E-state index contributed by atoms with van der Waals surface area (Å²) in [4.78, 5) is 11.9. The summed E-state index contributed by atoms with van der Waals surface area (Å²) in [6.45, 7) is 1.94. The van der Waals surface area contributed by atoms with Crippen molar-refractivity contribution in [3.8, 4) is 11.8 Å². The number of halogens is 1. The fourth-order valence-corrected chi connectivity index (χ4v) is 1.80. The summed E-state index contributed by atoms with van der Waals surface area (Å²) in [6.07, 6.45) is -0.673. The minimum absolute atomic E-state index is 0.270. The first-order valence-corrected chi connectivity index (χ1v) is 6.77. The number of carbonyl (C=O) groups is 1. The summed E-state index contributed by atoms with van der Waals surface area (Å²) >= 11 is 0. The zero-order chi connectivity index (χ0) is 15.9. The van der Waals surface area contributed by atoms with E-state index in [-0.39, 0.29) is 11.7 Å². The van der Waals surface area contributed by atoms with E-state index in [1.807, 2.05) is 6.07 Å². The molecular weight excluding hydrogens is 283 g/mol. The van der Waals surface area contributed by atoms with Crippen LogP contribution in [0.2, 0.25) is 0 Å². The third kappa shape index (κ3) is 4.32. The minimum atomic E-state index is -0.673. The molecule has 0 spiro atoms. The van der Waals surface area contributed by atoms with E-state index in [4.69, 9.17) is 10.00 Å². The van der Waals surface area contributed by atoms with E-state index < -0.39 is 6.10 Å². The van der Waals surface area contributed by atoms with Gasteiger partial charge in [-0.3, -0.25) is 4.79 Å². The lowest BCUT2D eigenvalue weighted by atomic mass is 10.2. The Morgan fingerprint density at radius 2 is 1.86 bits per heavy atom. The Morgan fingerprint density at radius 1 is 1.23 bits per heavy atom. The van der Waals surface area contributed by atoms with Crippen LogP contribution in [-0.4, -0.2) is 12.0 Å². The molecule has 1 N–H and O–H groups in total. The monoisotopic (exact) mass is 298 g/mol. The summed E-state index contributed by atoms with van der Waals surface area (Å²) in [5.41, 5.74) is 1.33. The SMILES string of the molecule is C[C@H](Oc1ccc(C#N)cc1)C(=O)NCc1ccc(F)cc1. The summed E-state index contributed by atoms with van der Waals surface area (Å²) in [6, 6.07) is 14.5. The molecule has 1 amide bonds. The fourth-order valence-electron chi connectivity index (χ4n) is 1.80. The van der Waals surface area contributed by atoms with Gasteiger partial charge in [0.25, 0.3) is 5.91 Å². The van der Waals surface area contributed by atoms with Crippen LogP contribution in [0.25, 0.3) is 0 Å². The zero-order valence-corrected chi connectivity index (χ0v) is 12.0. The Bertz CT molecular complexity index is 675. The van der Waals surface area contributed by atoms with Crippen molar-refractivity contribution in [1.29, 1.82) is 5.26 Å². The summed E-state index contributed by atoms with van der Waals surface area (Å²) in [5, 5.41) is 11.4. The normalized spacial score (nSPS) is 11.3. The van der Waals surface area contributed by atoms with Crippen molar-refractivity contribution < 1.29 is 13.9 Å². The maximum Gasteiger partial charge on any atom is 0.261 e. The quantitative estimate of drug-likeness (QED) is 0.923. The lowest BCUT2D eigenvalue weighted by Gasteiger charge is -2.14. The minimum Gasteiger partial charge on any atom is -0.481 e. The molecule has 0 radical (unpaired) electrons. The second-order valence-corrected chi connectivity index (χ2v) is 4.74. The van der Waals surface area contributed by atoms with Crippen molar-refractivity contribution in [2.24, 2.45) is 0 Å². The van der Waals surface area contributed by atoms with Gasteiger partial charge < -0.3 is 10.1 Å². The Morgan fingerprint density at radius 3 is 2.45 bits per heavy atom. The lowest BCUT2D eigenvalue weighted by molar-refractivity contribution is -0.127. The maximum atomic E-state index is 12.8. The highest BCUT2D eigenvalue weighted by Gasteiger charge is 2.14. The summed E-state index contributed by atoms with van der Waals surface area (Å²) < 4.78 is 18.3. The molecule has 5 heteroatoms. The molecule has 2 aromatic rings. The van der Waals surface area contributed by atoms with E-state index in [0.29, 0.717) is 17.9 Å². The maximum absolute atomic E-state index is 12.8. The molecule has 0 aliphatic heterocycles. The topological polar surface area (TPSA) is 62.1 Å². The van der Waals surface area contributed by atoms with Gasteiger partial charge in [-0.1, -0.05) is 12.1 Å². The number of carbonyl (C=O) groups excluding carboxylic acids is 1. The number of rotatable bonds is 5. The molecule has 0 saturated heterocycles. The predicted octanol–water partition coefficient (Wildman–Crippen LogP) is 2.78. The summed E-state index contributed by atoms with van der Waals surface area (Å²) in [7, 11) is 0. The Labute approximate surface area is 128 Å². The van der Waals surface area contributed by atoms with Gasteiger partial charge in [0, 0.05) is 6.54 Å². The molecule has 1 atom stereocenters. The van der Waals surface area contributed by atoms with Crippen molar-refractivity contribution >= 4 is 5.91 Å². The molecule has 0 aromatic heterocycles. The molecule has 2 rings (SSSR count). The van der Waals surface area contributed by atoms with Crippen molar-refractivity contribution in [1.82, 2.24) is 5.32 Å². The second-order valence-electron chi connectivity index (χ2n) is 4.74. The number of ether oxygens (including phenoxy) is 1. The number of nitriles is 1. The van der Waals surface area contributed by atoms with Gasteiger partial charge in [0.1, 0.15) is 11.6 Å². The largest absolute Gasteiger partial charge is 0.481 e. The molecule has 0 aliphatic rings. The average Bonchev–Trinajstić information content (AvgIpc) is 2.54. The number of nitrogens with one attached hydrogen (secondary N) is 1. The van der Waals surface area contributed by atoms with Crippen molar-refractivity contribution in [3.63, 3.8) is 0 Å². The van der Waals surface area contributed by atoms with Crippen LogP contribution < -0.4 is 10.1 Å². The van der Waals surface area contributed by atoms with Crippen molar-refractivity contribution in [2.75, 3.05) is 0 Å². The van der Waals surface area contributed by atoms with E-state index in [1.54, 1.807) is 43.3 Å². The molecule has 112 valence electrons. The predicted molar refractivity (Wildman–Crippen MR) is 79.5 cm³/mol. The van der Waals surface area contributed by atoms with Crippen molar-refractivity contribution in [3.05, 3.63) is 65.5 Å². The van der Waals surface area contributed by atoms with Crippen LogP contribution in [-0.2, 0) is 11.3 Å². The molecule has 0 bridgehead atoms.